The Kier molecular flexibility index (Phi) is 5.16. The van der Waals surface area contributed by atoms with Gasteiger partial charge in [-0.1, -0.05) is 0 Å². The minimum atomic E-state index is -0.445. The zero-order valence-corrected chi connectivity index (χ0v) is 18.4. The summed E-state index contributed by atoms with van der Waals surface area (Å²) in [6.45, 7) is 7.53. The SMILES string of the molecule is CCN(CC)c1cc(Nc2cc(C3CC3)[nH]n2)nc(Oc2ccc3[nH]c(C)cc3c2F)n1. The van der Waals surface area contributed by atoms with E-state index in [1.54, 1.807) is 18.2 Å². The Bertz CT molecular complexity index is 1260. The molecular formula is C23H26FN7O. The summed E-state index contributed by atoms with van der Waals surface area (Å²) < 4.78 is 20.9. The number of aromatic nitrogens is 5. The number of hydrogen-bond donors (Lipinski definition) is 3. The van der Waals surface area contributed by atoms with Crippen molar-refractivity contribution < 1.29 is 9.13 Å². The van der Waals surface area contributed by atoms with E-state index < -0.39 is 5.82 Å². The predicted octanol–water partition coefficient (Wildman–Crippen LogP) is 5.39. The van der Waals surface area contributed by atoms with Crippen LogP contribution < -0.4 is 15.0 Å². The molecule has 3 N–H and O–H groups in total. The summed E-state index contributed by atoms with van der Waals surface area (Å²) in [6.07, 6.45) is 2.38. The van der Waals surface area contributed by atoms with Gasteiger partial charge in [0.1, 0.15) is 11.6 Å². The summed E-state index contributed by atoms with van der Waals surface area (Å²) in [6, 6.07) is 9.05. The third-order valence-electron chi connectivity index (χ3n) is 5.69. The van der Waals surface area contributed by atoms with Crippen molar-refractivity contribution >= 4 is 28.4 Å². The van der Waals surface area contributed by atoms with Crippen molar-refractivity contribution in [1.82, 2.24) is 25.1 Å². The fourth-order valence-electron chi connectivity index (χ4n) is 3.83. The van der Waals surface area contributed by atoms with Gasteiger partial charge in [0.15, 0.2) is 17.4 Å². The standard InChI is InChI=1S/C23H26FN7O/c1-4-31(5-2)21-12-19(26-20-11-17(29-30-20)14-6-7-14)27-23(28-21)32-18-9-8-16-15(22(18)24)10-13(3)25-16/h8-12,14,25H,4-7H2,1-3H3,(H2,26,27,28,29,30). The lowest BCUT2D eigenvalue weighted by Crippen LogP contribution is -2.23. The molecule has 1 aliphatic carbocycles. The normalized spacial score (nSPS) is 13.5. The Labute approximate surface area is 185 Å². The van der Waals surface area contributed by atoms with Crippen LogP contribution in [-0.2, 0) is 0 Å². The van der Waals surface area contributed by atoms with Crippen LogP contribution in [0.4, 0.5) is 21.8 Å². The summed E-state index contributed by atoms with van der Waals surface area (Å²) in [5.74, 6) is 2.11. The largest absolute Gasteiger partial charge is 0.421 e. The summed E-state index contributed by atoms with van der Waals surface area (Å²) >= 11 is 0. The smallest absolute Gasteiger partial charge is 0.326 e. The molecular weight excluding hydrogens is 409 g/mol. The number of fused-ring (bicyclic) bond motifs is 1. The summed E-state index contributed by atoms with van der Waals surface area (Å²) in [7, 11) is 0. The van der Waals surface area contributed by atoms with Crippen LogP contribution in [0.3, 0.4) is 0 Å². The molecule has 1 fully saturated rings. The third kappa shape index (κ3) is 3.98. The molecule has 1 aliphatic rings. The summed E-state index contributed by atoms with van der Waals surface area (Å²) in [4.78, 5) is 14.2. The van der Waals surface area contributed by atoms with E-state index in [1.807, 2.05) is 19.1 Å². The van der Waals surface area contributed by atoms with Crippen molar-refractivity contribution in [1.29, 1.82) is 0 Å². The van der Waals surface area contributed by atoms with Crippen LogP contribution in [0, 0.1) is 12.7 Å². The zero-order valence-electron chi connectivity index (χ0n) is 18.4. The Morgan fingerprint density at radius 2 is 1.94 bits per heavy atom. The third-order valence-corrected chi connectivity index (χ3v) is 5.69. The fourth-order valence-corrected chi connectivity index (χ4v) is 3.83. The minimum Gasteiger partial charge on any atom is -0.421 e. The van der Waals surface area contributed by atoms with Gasteiger partial charge in [-0.25, -0.2) is 4.39 Å². The van der Waals surface area contributed by atoms with Crippen molar-refractivity contribution in [2.45, 2.75) is 39.5 Å². The van der Waals surface area contributed by atoms with Crippen LogP contribution >= 0.6 is 0 Å². The summed E-state index contributed by atoms with van der Waals surface area (Å²) in [5, 5.41) is 11.1. The van der Waals surface area contributed by atoms with Gasteiger partial charge in [-0.2, -0.15) is 15.1 Å². The first-order chi connectivity index (χ1) is 15.5. The van der Waals surface area contributed by atoms with Crippen molar-refractivity contribution in [2.75, 3.05) is 23.3 Å². The van der Waals surface area contributed by atoms with E-state index in [2.05, 4.69) is 49.2 Å². The minimum absolute atomic E-state index is 0.0698. The fraction of sp³-hybridized carbons (Fsp3) is 0.348. The highest BCUT2D eigenvalue weighted by Gasteiger charge is 2.25. The lowest BCUT2D eigenvalue weighted by molar-refractivity contribution is 0.414. The first-order valence-corrected chi connectivity index (χ1v) is 11.0. The van der Waals surface area contributed by atoms with Gasteiger partial charge in [-0.3, -0.25) is 5.10 Å². The molecule has 9 heteroatoms. The molecule has 4 aromatic rings. The molecule has 0 bridgehead atoms. The maximum absolute atomic E-state index is 15.1. The number of halogens is 1. The van der Waals surface area contributed by atoms with Gasteiger partial charge in [0.05, 0.1) is 0 Å². The molecule has 1 aromatic carbocycles. The molecule has 0 radical (unpaired) electrons. The highest BCUT2D eigenvalue weighted by Crippen LogP contribution is 2.39. The topological polar surface area (TPSA) is 94.8 Å². The van der Waals surface area contributed by atoms with Crippen molar-refractivity contribution in [2.24, 2.45) is 0 Å². The molecule has 166 valence electrons. The average Bonchev–Trinajstić information content (AvgIpc) is 3.40. The molecule has 32 heavy (non-hydrogen) atoms. The second-order valence-electron chi connectivity index (χ2n) is 8.07. The van der Waals surface area contributed by atoms with Crippen molar-refractivity contribution in [3.05, 3.63) is 47.5 Å². The van der Waals surface area contributed by atoms with Crippen LogP contribution in [0.25, 0.3) is 10.9 Å². The van der Waals surface area contributed by atoms with E-state index in [4.69, 9.17) is 4.74 Å². The van der Waals surface area contributed by atoms with E-state index in [9.17, 15) is 0 Å². The van der Waals surface area contributed by atoms with Crippen molar-refractivity contribution in [3.8, 4) is 11.8 Å². The second kappa shape index (κ2) is 8.14. The van der Waals surface area contributed by atoms with Crippen LogP contribution in [0.2, 0.25) is 0 Å². The number of anilines is 3. The average molecular weight is 436 g/mol. The van der Waals surface area contributed by atoms with Crippen LogP contribution in [-0.4, -0.2) is 38.2 Å². The second-order valence-corrected chi connectivity index (χ2v) is 8.07. The number of ether oxygens (including phenoxy) is 1. The zero-order chi connectivity index (χ0) is 22.2. The lowest BCUT2D eigenvalue weighted by Gasteiger charge is -2.20. The van der Waals surface area contributed by atoms with Crippen molar-refractivity contribution in [3.63, 3.8) is 0 Å². The Morgan fingerprint density at radius 1 is 1.12 bits per heavy atom. The first-order valence-electron chi connectivity index (χ1n) is 11.0. The summed E-state index contributed by atoms with van der Waals surface area (Å²) in [5.41, 5.74) is 2.73. The quantitative estimate of drug-likeness (QED) is 0.344. The highest BCUT2D eigenvalue weighted by atomic mass is 19.1. The number of aryl methyl sites for hydroxylation is 1. The van der Waals surface area contributed by atoms with E-state index in [0.29, 0.717) is 28.8 Å². The molecule has 0 unspecified atom stereocenters. The number of H-pyrrole nitrogens is 2. The predicted molar refractivity (Wildman–Crippen MR) is 123 cm³/mol. The van der Waals surface area contributed by atoms with Gasteiger partial charge < -0.3 is 19.9 Å². The Hall–Kier alpha value is -3.62. The van der Waals surface area contributed by atoms with E-state index in [0.717, 1.165) is 30.0 Å². The van der Waals surface area contributed by atoms with Gasteiger partial charge in [-0.05, 0) is 51.8 Å². The number of rotatable bonds is 8. The monoisotopic (exact) mass is 435 g/mol. The molecule has 8 nitrogen and oxygen atoms in total. The van der Waals surface area contributed by atoms with E-state index in [1.165, 1.54) is 12.8 Å². The maximum atomic E-state index is 15.1. The highest BCUT2D eigenvalue weighted by molar-refractivity contribution is 5.82. The van der Waals surface area contributed by atoms with E-state index in [-0.39, 0.29) is 11.8 Å². The van der Waals surface area contributed by atoms with Gasteiger partial charge in [0.2, 0.25) is 0 Å². The number of nitrogens with one attached hydrogen (secondary N) is 3. The van der Waals surface area contributed by atoms with Gasteiger partial charge in [-0.15, -0.1) is 0 Å². The van der Waals surface area contributed by atoms with Gasteiger partial charge in [0, 0.05) is 53.4 Å². The Morgan fingerprint density at radius 3 is 2.69 bits per heavy atom. The molecule has 0 amide bonds. The van der Waals surface area contributed by atoms with Crippen LogP contribution in [0.1, 0.15) is 44.0 Å². The van der Waals surface area contributed by atoms with E-state index >= 15 is 4.39 Å². The maximum Gasteiger partial charge on any atom is 0.326 e. The number of aromatic amines is 2. The molecule has 0 aliphatic heterocycles. The van der Waals surface area contributed by atoms with Gasteiger partial charge in [0.25, 0.3) is 0 Å². The van der Waals surface area contributed by atoms with Crippen LogP contribution in [0.5, 0.6) is 11.8 Å². The Balaban J connectivity index is 1.48. The lowest BCUT2D eigenvalue weighted by atomic mass is 10.2. The molecule has 0 saturated heterocycles. The molecule has 3 aromatic heterocycles. The molecule has 0 spiro atoms. The molecule has 1 saturated carbocycles. The molecule has 5 rings (SSSR count). The molecule has 0 atom stereocenters. The van der Waals surface area contributed by atoms with Crippen LogP contribution in [0.15, 0.2) is 30.3 Å². The number of benzene rings is 1. The first kappa shape index (κ1) is 20.3. The molecule has 3 heterocycles. The van der Waals surface area contributed by atoms with Gasteiger partial charge >= 0.3 is 6.01 Å². The number of nitrogens with zero attached hydrogens (tertiary/aromatic N) is 4. The number of hydrogen-bond acceptors (Lipinski definition) is 6.